The predicted octanol–water partition coefficient (Wildman–Crippen LogP) is -0.498. The van der Waals surface area contributed by atoms with Crippen molar-refractivity contribution in [2.45, 2.75) is 12.5 Å². The minimum atomic E-state index is -2.10. The molecule has 0 spiro atoms. The molecule has 0 aromatic rings. The third kappa shape index (κ3) is 2.40. The monoisotopic (exact) mass is 151 g/mol. The number of nitrogens with one attached hydrogen (secondary N) is 1. The van der Waals surface area contributed by atoms with Gasteiger partial charge in [-0.25, -0.2) is 0 Å². The van der Waals surface area contributed by atoms with Crippen molar-refractivity contribution in [3.8, 4) is 0 Å². The second-order valence-corrected chi connectivity index (χ2v) is 2.55. The summed E-state index contributed by atoms with van der Waals surface area (Å²) < 4.78 is 22.8. The Hall–Kier alpha value is 0.0300. The van der Waals surface area contributed by atoms with Crippen LogP contribution in [0.2, 0.25) is 0 Å². The van der Waals surface area contributed by atoms with E-state index in [0.29, 0.717) is 6.54 Å². The van der Waals surface area contributed by atoms with Crippen LogP contribution in [-0.4, -0.2) is 28.0 Å². The fraction of sp³-hybridized carbons (Fsp3) is 1.00. The van der Waals surface area contributed by atoms with Crippen molar-refractivity contribution in [2.24, 2.45) is 0 Å². The lowest BCUT2D eigenvalue weighted by Gasteiger charge is -2.02. The Kier molecular flexibility index (Phi) is 2.59. The molecule has 9 heavy (non-hydrogen) atoms. The molecule has 1 heterocycles. The summed E-state index contributed by atoms with van der Waals surface area (Å²) in [7, 11) is 0. The average molecular weight is 151 g/mol. The zero-order valence-electron chi connectivity index (χ0n) is 4.87. The number of rotatable bonds is 2. The standard InChI is InChI=1S/C4H9NO3S/c6-9(7)8-4-1-2-5-3-4/h4-5H,1-3H2,(H,6,7). The lowest BCUT2D eigenvalue weighted by Crippen LogP contribution is -2.17. The van der Waals surface area contributed by atoms with Gasteiger partial charge in [-0.3, -0.25) is 8.74 Å². The average Bonchev–Trinajstić information content (AvgIpc) is 2.15. The highest BCUT2D eigenvalue weighted by Crippen LogP contribution is 2.03. The first-order valence-corrected chi connectivity index (χ1v) is 3.81. The molecule has 2 N–H and O–H groups in total. The van der Waals surface area contributed by atoms with Gasteiger partial charge in [-0.2, -0.15) is 4.21 Å². The van der Waals surface area contributed by atoms with Crippen molar-refractivity contribution in [1.82, 2.24) is 5.32 Å². The van der Waals surface area contributed by atoms with E-state index in [-0.39, 0.29) is 6.10 Å². The maximum absolute atomic E-state index is 10.0. The second kappa shape index (κ2) is 3.26. The van der Waals surface area contributed by atoms with E-state index < -0.39 is 11.4 Å². The Bertz CT molecular complexity index is 112. The van der Waals surface area contributed by atoms with Crippen molar-refractivity contribution in [3.05, 3.63) is 0 Å². The second-order valence-electron chi connectivity index (χ2n) is 1.93. The maximum atomic E-state index is 10.0. The summed E-state index contributed by atoms with van der Waals surface area (Å²) in [5.74, 6) is 0. The van der Waals surface area contributed by atoms with E-state index >= 15 is 0 Å². The molecule has 0 aromatic carbocycles. The third-order valence-corrected chi connectivity index (χ3v) is 1.67. The molecule has 0 aliphatic carbocycles. The van der Waals surface area contributed by atoms with Gasteiger partial charge in [0.25, 0.3) is 0 Å². The normalized spacial score (nSPS) is 30.6. The molecule has 1 fully saturated rings. The summed E-state index contributed by atoms with van der Waals surface area (Å²) >= 11 is -2.10. The van der Waals surface area contributed by atoms with Crippen molar-refractivity contribution in [1.29, 1.82) is 0 Å². The molecule has 0 radical (unpaired) electrons. The van der Waals surface area contributed by atoms with E-state index in [1.54, 1.807) is 0 Å². The van der Waals surface area contributed by atoms with E-state index in [4.69, 9.17) is 4.55 Å². The van der Waals surface area contributed by atoms with Gasteiger partial charge in [0, 0.05) is 6.54 Å². The molecule has 1 aliphatic rings. The van der Waals surface area contributed by atoms with Gasteiger partial charge in [0.15, 0.2) is 0 Å². The van der Waals surface area contributed by atoms with Gasteiger partial charge in [-0.05, 0) is 13.0 Å². The van der Waals surface area contributed by atoms with Gasteiger partial charge in [-0.15, -0.1) is 0 Å². The van der Waals surface area contributed by atoms with Crippen molar-refractivity contribution in [3.63, 3.8) is 0 Å². The summed E-state index contributed by atoms with van der Waals surface area (Å²) in [4.78, 5) is 0. The molecule has 0 amide bonds. The third-order valence-electron chi connectivity index (χ3n) is 1.23. The van der Waals surface area contributed by atoms with E-state index in [1.807, 2.05) is 0 Å². The van der Waals surface area contributed by atoms with Crippen molar-refractivity contribution in [2.75, 3.05) is 13.1 Å². The van der Waals surface area contributed by atoms with Crippen molar-refractivity contribution >= 4 is 11.4 Å². The molecule has 1 saturated heterocycles. The Morgan fingerprint density at radius 3 is 3.00 bits per heavy atom. The van der Waals surface area contributed by atoms with Gasteiger partial charge in [0.2, 0.25) is 0 Å². The molecular formula is C4H9NO3S. The molecule has 0 aromatic heterocycles. The predicted molar refractivity (Wildman–Crippen MR) is 33.1 cm³/mol. The summed E-state index contributed by atoms with van der Waals surface area (Å²) in [6.45, 7) is 1.56. The first kappa shape index (κ1) is 7.14. The topological polar surface area (TPSA) is 58.6 Å². The maximum Gasteiger partial charge on any atom is 0.302 e. The summed E-state index contributed by atoms with van der Waals surface area (Å²) in [5.41, 5.74) is 0. The lowest BCUT2D eigenvalue weighted by molar-refractivity contribution is 0.223. The van der Waals surface area contributed by atoms with Gasteiger partial charge < -0.3 is 5.32 Å². The summed E-state index contributed by atoms with van der Waals surface area (Å²) in [6, 6.07) is 0. The number of hydrogen-bond acceptors (Lipinski definition) is 3. The Labute approximate surface area is 56.1 Å². The van der Waals surface area contributed by atoms with Gasteiger partial charge in [0.1, 0.15) is 0 Å². The highest BCUT2D eigenvalue weighted by Gasteiger charge is 2.16. The van der Waals surface area contributed by atoms with Crippen LogP contribution in [-0.2, 0) is 15.5 Å². The van der Waals surface area contributed by atoms with E-state index in [9.17, 15) is 4.21 Å². The van der Waals surface area contributed by atoms with Crippen molar-refractivity contribution < 1.29 is 12.9 Å². The van der Waals surface area contributed by atoms with Crippen LogP contribution < -0.4 is 5.32 Å². The van der Waals surface area contributed by atoms with Gasteiger partial charge in [-0.1, -0.05) is 0 Å². The van der Waals surface area contributed by atoms with Crippen LogP contribution in [0, 0.1) is 0 Å². The summed E-state index contributed by atoms with van der Waals surface area (Å²) in [5, 5.41) is 3.01. The lowest BCUT2D eigenvalue weighted by atomic mass is 10.3. The Morgan fingerprint density at radius 1 is 1.78 bits per heavy atom. The van der Waals surface area contributed by atoms with Crippen LogP contribution in [0.1, 0.15) is 6.42 Å². The molecule has 0 bridgehead atoms. The molecule has 0 saturated carbocycles. The van der Waals surface area contributed by atoms with Gasteiger partial charge >= 0.3 is 11.4 Å². The number of hydrogen-bond donors (Lipinski definition) is 2. The molecular weight excluding hydrogens is 142 g/mol. The SMILES string of the molecule is O=S(O)OC1CCNC1. The Balaban J connectivity index is 2.19. The van der Waals surface area contributed by atoms with Gasteiger partial charge in [0.05, 0.1) is 6.10 Å². The van der Waals surface area contributed by atoms with E-state index in [0.717, 1.165) is 13.0 Å². The molecule has 5 heteroatoms. The van der Waals surface area contributed by atoms with Crippen LogP contribution in [0.25, 0.3) is 0 Å². The Morgan fingerprint density at radius 2 is 2.56 bits per heavy atom. The minimum Gasteiger partial charge on any atom is -0.314 e. The van der Waals surface area contributed by atoms with E-state index in [2.05, 4.69) is 9.50 Å². The zero-order valence-corrected chi connectivity index (χ0v) is 5.69. The first-order chi connectivity index (χ1) is 4.29. The smallest absolute Gasteiger partial charge is 0.302 e. The molecule has 4 nitrogen and oxygen atoms in total. The summed E-state index contributed by atoms with van der Waals surface area (Å²) in [6.07, 6.45) is 0.752. The van der Waals surface area contributed by atoms with Crippen LogP contribution >= 0.6 is 0 Å². The highest BCUT2D eigenvalue weighted by atomic mass is 32.2. The zero-order chi connectivity index (χ0) is 6.69. The first-order valence-electron chi connectivity index (χ1n) is 2.78. The van der Waals surface area contributed by atoms with E-state index in [1.165, 1.54) is 0 Å². The highest BCUT2D eigenvalue weighted by molar-refractivity contribution is 7.74. The molecule has 1 aliphatic heterocycles. The molecule has 1 rings (SSSR count). The minimum absolute atomic E-state index is 0.0733. The molecule has 2 unspecified atom stereocenters. The largest absolute Gasteiger partial charge is 0.314 e. The molecule has 54 valence electrons. The fourth-order valence-corrected chi connectivity index (χ4v) is 1.22. The fourth-order valence-electron chi connectivity index (χ4n) is 0.827. The van der Waals surface area contributed by atoms with Crippen LogP contribution in [0.15, 0.2) is 0 Å². The quantitative estimate of drug-likeness (QED) is 0.522. The van der Waals surface area contributed by atoms with Crippen LogP contribution in [0.4, 0.5) is 0 Å². The van der Waals surface area contributed by atoms with Crippen LogP contribution in [0.3, 0.4) is 0 Å². The van der Waals surface area contributed by atoms with Crippen LogP contribution in [0.5, 0.6) is 0 Å². The molecule has 2 atom stereocenters.